The van der Waals surface area contributed by atoms with Crippen molar-refractivity contribution in [1.82, 2.24) is 10.2 Å². The van der Waals surface area contributed by atoms with Gasteiger partial charge in [-0.15, -0.1) is 0 Å². The molecule has 6 heteroatoms. The number of rotatable bonds is 6. The number of benzene rings is 2. The molecule has 1 N–H and O–H groups in total. The lowest BCUT2D eigenvalue weighted by atomic mass is 10.1. The third-order valence-electron chi connectivity index (χ3n) is 4.26. The van der Waals surface area contributed by atoms with Gasteiger partial charge < -0.3 is 15.0 Å². The smallest absolute Gasteiger partial charge is 0.290 e. The molecule has 6 nitrogen and oxygen atoms in total. The third kappa shape index (κ3) is 3.79. The Hall–Kier alpha value is -2.89. The molecule has 3 rings (SSSR count). The van der Waals surface area contributed by atoms with Crippen LogP contribution in [0.3, 0.4) is 0 Å². The van der Waals surface area contributed by atoms with Gasteiger partial charge in [-0.25, -0.2) is 0 Å². The number of fused-ring (bicyclic) bond motifs is 1. The van der Waals surface area contributed by atoms with Crippen LogP contribution in [0.25, 0.3) is 10.8 Å². The van der Waals surface area contributed by atoms with E-state index in [-0.39, 0.29) is 6.54 Å². The van der Waals surface area contributed by atoms with Crippen LogP contribution in [-0.2, 0) is 14.4 Å². The van der Waals surface area contributed by atoms with Crippen molar-refractivity contribution in [2.24, 2.45) is 5.92 Å². The SMILES string of the molecule is CN1CC(C(=O)NCCCOc2ccc3ccccc3c2)C(=O)C1=O. The van der Waals surface area contributed by atoms with E-state index in [2.05, 4.69) is 5.32 Å². The summed E-state index contributed by atoms with van der Waals surface area (Å²) < 4.78 is 5.70. The first kappa shape index (κ1) is 17.0. The highest BCUT2D eigenvalue weighted by molar-refractivity contribution is 6.42. The summed E-state index contributed by atoms with van der Waals surface area (Å²) in [5.74, 6) is -1.73. The predicted octanol–water partition coefficient (Wildman–Crippen LogP) is 1.38. The van der Waals surface area contributed by atoms with Crippen molar-refractivity contribution >= 4 is 28.4 Å². The quantitative estimate of drug-likeness (QED) is 0.490. The number of carbonyl (C=O) groups excluding carboxylic acids is 3. The second kappa shape index (κ2) is 7.34. The Balaban J connectivity index is 1.42. The van der Waals surface area contributed by atoms with Crippen molar-refractivity contribution in [3.8, 4) is 5.75 Å². The van der Waals surface area contributed by atoms with Gasteiger partial charge in [-0.2, -0.15) is 0 Å². The van der Waals surface area contributed by atoms with Crippen LogP contribution in [-0.4, -0.2) is 49.2 Å². The average Bonchev–Trinajstić information content (AvgIpc) is 2.88. The summed E-state index contributed by atoms with van der Waals surface area (Å²) in [5.41, 5.74) is 0. The van der Waals surface area contributed by atoms with Crippen molar-refractivity contribution in [2.75, 3.05) is 26.7 Å². The Labute approximate surface area is 145 Å². The molecule has 2 amide bonds. The van der Waals surface area contributed by atoms with Crippen LogP contribution >= 0.6 is 0 Å². The van der Waals surface area contributed by atoms with Crippen LogP contribution in [0, 0.1) is 5.92 Å². The molecule has 130 valence electrons. The van der Waals surface area contributed by atoms with Gasteiger partial charge in [0.15, 0.2) is 0 Å². The summed E-state index contributed by atoms with van der Waals surface area (Å²) in [4.78, 5) is 36.3. The molecule has 1 aliphatic rings. The van der Waals surface area contributed by atoms with E-state index < -0.39 is 23.5 Å². The monoisotopic (exact) mass is 340 g/mol. The first-order valence-electron chi connectivity index (χ1n) is 8.25. The highest BCUT2D eigenvalue weighted by Gasteiger charge is 2.41. The largest absolute Gasteiger partial charge is 0.494 e. The Kier molecular flexibility index (Phi) is 4.97. The molecule has 1 atom stereocenters. The Morgan fingerprint density at radius 2 is 1.96 bits per heavy atom. The minimum absolute atomic E-state index is 0.150. The van der Waals surface area contributed by atoms with Gasteiger partial charge in [-0.05, 0) is 29.3 Å². The molecule has 2 aromatic rings. The lowest BCUT2D eigenvalue weighted by molar-refractivity contribution is -0.142. The normalized spacial score (nSPS) is 17.2. The van der Waals surface area contributed by atoms with E-state index in [4.69, 9.17) is 4.74 Å². The molecule has 1 heterocycles. The lowest BCUT2D eigenvalue weighted by Crippen LogP contribution is -2.36. The van der Waals surface area contributed by atoms with Gasteiger partial charge in [0.2, 0.25) is 11.7 Å². The van der Waals surface area contributed by atoms with Gasteiger partial charge >= 0.3 is 0 Å². The third-order valence-corrected chi connectivity index (χ3v) is 4.26. The summed E-state index contributed by atoms with van der Waals surface area (Å²) in [5, 5.41) is 4.96. The zero-order valence-corrected chi connectivity index (χ0v) is 14.0. The number of hydrogen-bond donors (Lipinski definition) is 1. The summed E-state index contributed by atoms with van der Waals surface area (Å²) in [6.07, 6.45) is 0.614. The Morgan fingerprint density at radius 3 is 2.68 bits per heavy atom. The van der Waals surface area contributed by atoms with E-state index in [1.165, 1.54) is 11.9 Å². The molecule has 0 aliphatic carbocycles. The number of ketones is 1. The van der Waals surface area contributed by atoms with E-state index in [0.29, 0.717) is 19.6 Å². The maximum absolute atomic E-state index is 12.0. The second-order valence-electron chi connectivity index (χ2n) is 6.10. The Morgan fingerprint density at radius 1 is 1.20 bits per heavy atom. The Bertz CT molecular complexity index is 818. The van der Waals surface area contributed by atoms with Crippen molar-refractivity contribution in [3.63, 3.8) is 0 Å². The highest BCUT2D eigenvalue weighted by Crippen LogP contribution is 2.20. The topological polar surface area (TPSA) is 75.7 Å². The fourth-order valence-electron chi connectivity index (χ4n) is 2.83. The maximum Gasteiger partial charge on any atom is 0.290 e. The minimum atomic E-state index is -0.890. The van der Waals surface area contributed by atoms with Crippen LogP contribution in [0.5, 0.6) is 5.75 Å². The predicted molar refractivity (Wildman–Crippen MR) is 93.2 cm³/mol. The molecule has 25 heavy (non-hydrogen) atoms. The molecule has 1 saturated heterocycles. The average molecular weight is 340 g/mol. The number of amides is 2. The van der Waals surface area contributed by atoms with Crippen molar-refractivity contribution in [1.29, 1.82) is 0 Å². The van der Waals surface area contributed by atoms with Crippen LogP contribution in [0.1, 0.15) is 6.42 Å². The lowest BCUT2D eigenvalue weighted by Gasteiger charge is -2.10. The standard InChI is InChI=1S/C19H20N2O4/c1-21-12-16(17(22)19(21)24)18(23)20-9-4-10-25-15-8-7-13-5-2-3-6-14(13)11-15/h2-3,5-8,11,16H,4,9-10,12H2,1H3,(H,20,23). The highest BCUT2D eigenvalue weighted by atomic mass is 16.5. The number of likely N-dealkylation sites (tertiary alicyclic amines) is 1. The molecular formula is C19H20N2O4. The van der Waals surface area contributed by atoms with E-state index in [1.807, 2.05) is 42.5 Å². The molecule has 1 aliphatic heterocycles. The number of Topliss-reactive ketones (excluding diaryl/α,β-unsaturated/α-hetero) is 1. The van der Waals surface area contributed by atoms with Crippen molar-refractivity contribution in [3.05, 3.63) is 42.5 Å². The summed E-state index contributed by atoms with van der Waals surface area (Å²) >= 11 is 0. The summed E-state index contributed by atoms with van der Waals surface area (Å²) in [7, 11) is 1.52. The molecule has 2 aromatic carbocycles. The number of carbonyl (C=O) groups is 3. The second-order valence-corrected chi connectivity index (χ2v) is 6.10. The number of nitrogens with zero attached hydrogens (tertiary/aromatic N) is 1. The molecule has 0 aromatic heterocycles. The van der Waals surface area contributed by atoms with Gasteiger partial charge in [-0.3, -0.25) is 14.4 Å². The van der Waals surface area contributed by atoms with Crippen LogP contribution in [0.4, 0.5) is 0 Å². The molecule has 1 fully saturated rings. The van der Waals surface area contributed by atoms with Gasteiger partial charge in [0.05, 0.1) is 6.61 Å². The first-order chi connectivity index (χ1) is 12.1. The number of likely N-dealkylation sites (N-methyl/N-ethyl adjacent to an activating group) is 1. The zero-order valence-electron chi connectivity index (χ0n) is 14.0. The van der Waals surface area contributed by atoms with E-state index >= 15 is 0 Å². The van der Waals surface area contributed by atoms with Crippen LogP contribution in [0.2, 0.25) is 0 Å². The van der Waals surface area contributed by atoms with Gasteiger partial charge in [0, 0.05) is 20.1 Å². The molecule has 0 saturated carbocycles. The maximum atomic E-state index is 12.0. The molecule has 0 spiro atoms. The summed E-state index contributed by atoms with van der Waals surface area (Å²) in [6.45, 7) is 1.00. The molecule has 1 unspecified atom stereocenters. The minimum Gasteiger partial charge on any atom is -0.494 e. The number of nitrogens with one attached hydrogen (secondary N) is 1. The molecule has 0 bridgehead atoms. The molecule has 0 radical (unpaired) electrons. The molecular weight excluding hydrogens is 320 g/mol. The van der Waals surface area contributed by atoms with E-state index in [9.17, 15) is 14.4 Å². The number of hydrogen-bond acceptors (Lipinski definition) is 4. The van der Waals surface area contributed by atoms with Gasteiger partial charge in [0.25, 0.3) is 5.91 Å². The first-order valence-corrected chi connectivity index (χ1v) is 8.25. The summed E-state index contributed by atoms with van der Waals surface area (Å²) in [6, 6.07) is 13.9. The van der Waals surface area contributed by atoms with Crippen molar-refractivity contribution < 1.29 is 19.1 Å². The van der Waals surface area contributed by atoms with Gasteiger partial charge in [0.1, 0.15) is 11.7 Å². The fraction of sp³-hybridized carbons (Fsp3) is 0.316. The zero-order chi connectivity index (χ0) is 17.8. The van der Waals surface area contributed by atoms with Crippen LogP contribution < -0.4 is 10.1 Å². The fourth-order valence-corrected chi connectivity index (χ4v) is 2.83. The van der Waals surface area contributed by atoms with Crippen molar-refractivity contribution in [2.45, 2.75) is 6.42 Å². The number of ether oxygens (including phenoxy) is 1. The van der Waals surface area contributed by atoms with Crippen LogP contribution in [0.15, 0.2) is 42.5 Å². The van der Waals surface area contributed by atoms with E-state index in [1.54, 1.807) is 0 Å². The van der Waals surface area contributed by atoms with E-state index in [0.717, 1.165) is 16.5 Å². The van der Waals surface area contributed by atoms with Gasteiger partial charge in [-0.1, -0.05) is 30.3 Å².